The van der Waals surface area contributed by atoms with Crippen LogP contribution < -0.4 is 5.32 Å². The van der Waals surface area contributed by atoms with Gasteiger partial charge in [-0.2, -0.15) is 0 Å². The normalized spacial score (nSPS) is 13.5. The van der Waals surface area contributed by atoms with Crippen molar-refractivity contribution in [3.8, 4) is 0 Å². The highest BCUT2D eigenvalue weighted by molar-refractivity contribution is 7.09. The van der Waals surface area contributed by atoms with Crippen molar-refractivity contribution in [2.75, 3.05) is 6.54 Å². The number of aromatic nitrogens is 1. The fourth-order valence-electron chi connectivity index (χ4n) is 1.38. The quantitative estimate of drug-likeness (QED) is 0.811. The predicted octanol–water partition coefficient (Wildman–Crippen LogP) is 3.01. The maximum Gasteiger partial charge on any atom is 0.0931 e. The summed E-state index contributed by atoms with van der Waals surface area (Å²) in [5.41, 5.74) is 1.19. The lowest BCUT2D eigenvalue weighted by Gasteiger charge is -2.08. The van der Waals surface area contributed by atoms with Crippen LogP contribution in [0.2, 0.25) is 0 Å². The van der Waals surface area contributed by atoms with Gasteiger partial charge in [0.25, 0.3) is 0 Å². The zero-order chi connectivity index (χ0) is 10.6. The van der Waals surface area contributed by atoms with Crippen LogP contribution in [0.3, 0.4) is 0 Å². The van der Waals surface area contributed by atoms with Crippen LogP contribution in [0.15, 0.2) is 5.38 Å². The first kappa shape index (κ1) is 11.7. The third kappa shape index (κ3) is 3.39. The molecule has 2 nitrogen and oxygen atoms in total. The molecular formula is C11H20N2S. The van der Waals surface area contributed by atoms with E-state index in [1.165, 1.54) is 10.7 Å². The standard InChI is InChI=1S/C11H20N2S/c1-5-12-9(4)10-7-14-11(13-10)6-8(2)3/h7-9,12H,5-6H2,1-4H3. The molecular weight excluding hydrogens is 192 g/mol. The first-order valence-electron chi connectivity index (χ1n) is 5.31. The molecule has 1 aromatic rings. The SMILES string of the molecule is CCNC(C)c1csc(CC(C)C)n1. The fraction of sp³-hybridized carbons (Fsp3) is 0.727. The molecule has 1 rings (SSSR count). The molecule has 1 unspecified atom stereocenters. The van der Waals surface area contributed by atoms with E-state index >= 15 is 0 Å². The monoisotopic (exact) mass is 212 g/mol. The Kier molecular flexibility index (Phi) is 4.55. The van der Waals surface area contributed by atoms with Gasteiger partial charge in [-0.05, 0) is 19.4 Å². The third-order valence-corrected chi connectivity index (χ3v) is 3.00. The number of thiazole rings is 1. The van der Waals surface area contributed by atoms with Crippen molar-refractivity contribution >= 4 is 11.3 Å². The van der Waals surface area contributed by atoms with Crippen LogP contribution in [0, 0.1) is 5.92 Å². The van der Waals surface area contributed by atoms with Crippen LogP contribution in [-0.4, -0.2) is 11.5 Å². The second kappa shape index (κ2) is 5.47. The first-order valence-corrected chi connectivity index (χ1v) is 6.19. The summed E-state index contributed by atoms with van der Waals surface area (Å²) >= 11 is 1.78. The Morgan fingerprint density at radius 3 is 2.71 bits per heavy atom. The molecule has 1 heterocycles. The molecule has 0 aliphatic carbocycles. The number of hydrogen-bond acceptors (Lipinski definition) is 3. The van der Waals surface area contributed by atoms with Gasteiger partial charge in [-0.3, -0.25) is 0 Å². The lowest BCUT2D eigenvalue weighted by atomic mass is 10.1. The van der Waals surface area contributed by atoms with Crippen LogP contribution in [-0.2, 0) is 6.42 Å². The van der Waals surface area contributed by atoms with Crippen LogP contribution in [0.1, 0.15) is 44.4 Å². The van der Waals surface area contributed by atoms with Crippen molar-refractivity contribution in [3.63, 3.8) is 0 Å². The summed E-state index contributed by atoms with van der Waals surface area (Å²) in [5, 5.41) is 6.81. The molecule has 0 bridgehead atoms. The Hall–Kier alpha value is -0.410. The molecule has 0 amide bonds. The molecule has 0 fully saturated rings. The summed E-state index contributed by atoms with van der Waals surface area (Å²) < 4.78 is 0. The molecule has 1 aromatic heterocycles. The number of rotatable bonds is 5. The van der Waals surface area contributed by atoms with E-state index < -0.39 is 0 Å². The van der Waals surface area contributed by atoms with Gasteiger partial charge in [0.05, 0.1) is 10.7 Å². The summed E-state index contributed by atoms with van der Waals surface area (Å²) in [6.45, 7) is 9.75. The Balaban J connectivity index is 2.58. The minimum atomic E-state index is 0.386. The summed E-state index contributed by atoms with van der Waals surface area (Å²) in [6, 6.07) is 0.386. The van der Waals surface area contributed by atoms with Gasteiger partial charge >= 0.3 is 0 Å². The Morgan fingerprint density at radius 1 is 1.43 bits per heavy atom. The van der Waals surface area contributed by atoms with E-state index in [4.69, 9.17) is 0 Å². The molecule has 14 heavy (non-hydrogen) atoms. The molecule has 0 aliphatic heterocycles. The number of hydrogen-bond donors (Lipinski definition) is 1. The third-order valence-electron chi connectivity index (χ3n) is 2.11. The second-order valence-electron chi connectivity index (χ2n) is 4.04. The Labute approximate surface area is 90.8 Å². The van der Waals surface area contributed by atoms with Crippen LogP contribution in [0.25, 0.3) is 0 Å². The lowest BCUT2D eigenvalue weighted by Crippen LogP contribution is -2.18. The van der Waals surface area contributed by atoms with Crippen molar-refractivity contribution in [2.45, 2.75) is 40.2 Å². The minimum absolute atomic E-state index is 0.386. The van der Waals surface area contributed by atoms with E-state index in [1.54, 1.807) is 11.3 Å². The van der Waals surface area contributed by atoms with Crippen molar-refractivity contribution in [1.82, 2.24) is 10.3 Å². The average Bonchev–Trinajstić information content (AvgIpc) is 2.52. The van der Waals surface area contributed by atoms with E-state index in [1.807, 2.05) is 0 Å². The molecule has 80 valence electrons. The minimum Gasteiger partial charge on any atom is -0.309 e. The van der Waals surface area contributed by atoms with Crippen LogP contribution in [0.4, 0.5) is 0 Å². The maximum atomic E-state index is 4.62. The molecule has 0 spiro atoms. The Morgan fingerprint density at radius 2 is 2.14 bits per heavy atom. The predicted molar refractivity (Wildman–Crippen MR) is 62.7 cm³/mol. The van der Waals surface area contributed by atoms with E-state index in [-0.39, 0.29) is 0 Å². The smallest absolute Gasteiger partial charge is 0.0931 e. The summed E-state index contributed by atoms with van der Waals surface area (Å²) in [7, 11) is 0. The van der Waals surface area contributed by atoms with Gasteiger partial charge in [0.15, 0.2) is 0 Å². The van der Waals surface area contributed by atoms with Crippen LogP contribution in [0.5, 0.6) is 0 Å². The van der Waals surface area contributed by atoms with Crippen molar-refractivity contribution < 1.29 is 0 Å². The van der Waals surface area contributed by atoms with Crippen molar-refractivity contribution in [3.05, 3.63) is 16.1 Å². The zero-order valence-corrected chi connectivity index (χ0v) is 10.3. The highest BCUT2D eigenvalue weighted by Crippen LogP contribution is 2.18. The van der Waals surface area contributed by atoms with Gasteiger partial charge < -0.3 is 5.32 Å². The molecule has 0 aliphatic rings. The number of nitrogens with zero attached hydrogens (tertiary/aromatic N) is 1. The van der Waals surface area contributed by atoms with Gasteiger partial charge in [-0.25, -0.2) is 4.98 Å². The van der Waals surface area contributed by atoms with E-state index in [9.17, 15) is 0 Å². The van der Waals surface area contributed by atoms with Gasteiger partial charge in [0, 0.05) is 17.8 Å². The van der Waals surface area contributed by atoms with Gasteiger partial charge in [-0.1, -0.05) is 20.8 Å². The van der Waals surface area contributed by atoms with E-state index in [2.05, 4.69) is 43.4 Å². The summed E-state index contributed by atoms with van der Waals surface area (Å²) in [4.78, 5) is 4.62. The van der Waals surface area contributed by atoms with Gasteiger partial charge in [-0.15, -0.1) is 11.3 Å². The molecule has 0 aromatic carbocycles. The second-order valence-corrected chi connectivity index (χ2v) is 4.99. The number of nitrogens with one attached hydrogen (secondary N) is 1. The molecule has 1 N–H and O–H groups in total. The highest BCUT2D eigenvalue weighted by Gasteiger charge is 2.09. The largest absolute Gasteiger partial charge is 0.309 e. The molecule has 3 heteroatoms. The van der Waals surface area contributed by atoms with Gasteiger partial charge in [0.1, 0.15) is 0 Å². The van der Waals surface area contributed by atoms with E-state index in [0.29, 0.717) is 12.0 Å². The maximum absolute atomic E-state index is 4.62. The highest BCUT2D eigenvalue weighted by atomic mass is 32.1. The Bertz CT molecular complexity index is 268. The van der Waals surface area contributed by atoms with E-state index in [0.717, 1.165) is 13.0 Å². The fourth-order valence-corrected chi connectivity index (χ4v) is 2.48. The van der Waals surface area contributed by atoms with Crippen molar-refractivity contribution in [2.24, 2.45) is 5.92 Å². The first-order chi connectivity index (χ1) is 6.63. The topological polar surface area (TPSA) is 24.9 Å². The molecule has 0 saturated heterocycles. The van der Waals surface area contributed by atoms with Gasteiger partial charge in [0.2, 0.25) is 0 Å². The summed E-state index contributed by atoms with van der Waals surface area (Å²) in [5.74, 6) is 0.698. The zero-order valence-electron chi connectivity index (χ0n) is 9.50. The molecule has 0 radical (unpaired) electrons. The molecule has 0 saturated carbocycles. The average molecular weight is 212 g/mol. The van der Waals surface area contributed by atoms with Crippen LogP contribution >= 0.6 is 11.3 Å². The molecule has 1 atom stereocenters. The summed E-state index contributed by atoms with van der Waals surface area (Å²) in [6.07, 6.45) is 1.10. The lowest BCUT2D eigenvalue weighted by molar-refractivity contribution is 0.580. The van der Waals surface area contributed by atoms with Crippen molar-refractivity contribution in [1.29, 1.82) is 0 Å².